The smallest absolute Gasteiger partial charge is 0.346 e. The van der Waals surface area contributed by atoms with Crippen LogP contribution in [0.1, 0.15) is 6.92 Å². The third kappa shape index (κ3) is 2.41. The monoisotopic (exact) mass is 269 g/mol. The van der Waals surface area contributed by atoms with Crippen molar-refractivity contribution in [2.24, 2.45) is 19.8 Å². The molecule has 8 nitrogen and oxygen atoms in total. The fourth-order valence-electron chi connectivity index (χ4n) is 2.12. The first-order valence-corrected chi connectivity index (χ1v) is 6.18. The van der Waals surface area contributed by atoms with Crippen molar-refractivity contribution in [3.63, 3.8) is 0 Å². The van der Waals surface area contributed by atoms with E-state index >= 15 is 0 Å². The fourth-order valence-corrected chi connectivity index (χ4v) is 2.12. The summed E-state index contributed by atoms with van der Waals surface area (Å²) in [5, 5.41) is 4.08. The van der Waals surface area contributed by atoms with Gasteiger partial charge in [-0.05, 0) is 6.92 Å². The van der Waals surface area contributed by atoms with Gasteiger partial charge in [-0.1, -0.05) is 0 Å². The lowest BCUT2D eigenvalue weighted by Crippen LogP contribution is -2.54. The summed E-state index contributed by atoms with van der Waals surface area (Å²) >= 11 is 0. The van der Waals surface area contributed by atoms with Crippen molar-refractivity contribution in [3.8, 4) is 0 Å². The summed E-state index contributed by atoms with van der Waals surface area (Å²) in [4.78, 5) is 25.6. The van der Waals surface area contributed by atoms with Crippen LogP contribution < -0.4 is 21.9 Å². The molecule has 1 aromatic rings. The molecular weight excluding hydrogens is 250 g/mol. The van der Waals surface area contributed by atoms with E-state index in [1.165, 1.54) is 14.1 Å². The molecule has 0 aliphatic carbocycles. The van der Waals surface area contributed by atoms with Crippen LogP contribution in [-0.2, 0) is 18.8 Å². The molecule has 0 saturated carbocycles. The van der Waals surface area contributed by atoms with E-state index in [1.807, 2.05) is 11.8 Å². The maximum atomic E-state index is 12.2. The Labute approximate surface area is 110 Å². The van der Waals surface area contributed by atoms with Crippen LogP contribution in [0.4, 0.5) is 5.82 Å². The molecule has 8 heteroatoms. The van der Waals surface area contributed by atoms with Crippen molar-refractivity contribution in [2.75, 3.05) is 24.6 Å². The topological polar surface area (TPSA) is 95.4 Å². The van der Waals surface area contributed by atoms with Gasteiger partial charge in [-0.15, -0.1) is 5.10 Å². The Balaban J connectivity index is 2.46. The molecule has 106 valence electrons. The summed E-state index contributed by atoms with van der Waals surface area (Å²) in [5.41, 5.74) is 4.76. The molecule has 0 amide bonds. The first-order valence-electron chi connectivity index (χ1n) is 6.18. The molecule has 0 aromatic carbocycles. The van der Waals surface area contributed by atoms with Crippen LogP contribution in [0.2, 0.25) is 0 Å². The highest BCUT2D eigenvalue weighted by molar-refractivity contribution is 5.37. The highest BCUT2D eigenvalue weighted by Crippen LogP contribution is 2.15. The van der Waals surface area contributed by atoms with Gasteiger partial charge < -0.3 is 15.4 Å². The van der Waals surface area contributed by atoms with Crippen LogP contribution in [-0.4, -0.2) is 46.2 Å². The van der Waals surface area contributed by atoms with Crippen molar-refractivity contribution < 1.29 is 4.74 Å². The summed E-state index contributed by atoms with van der Waals surface area (Å²) in [6, 6.07) is 0.0144. The molecule has 0 spiro atoms. The zero-order chi connectivity index (χ0) is 14.2. The van der Waals surface area contributed by atoms with Gasteiger partial charge in [-0.3, -0.25) is 9.36 Å². The summed E-state index contributed by atoms with van der Waals surface area (Å²) in [6.45, 7) is 3.31. The summed E-state index contributed by atoms with van der Waals surface area (Å²) in [6.07, 6.45) is -0.125. The SMILES string of the molecule is CC1COC(CN)CN1c1nn(C)c(=O)n(C)c1=O. The molecule has 1 aliphatic heterocycles. The number of rotatable bonds is 2. The third-order valence-corrected chi connectivity index (χ3v) is 3.34. The predicted molar refractivity (Wildman–Crippen MR) is 70.3 cm³/mol. The minimum atomic E-state index is -0.440. The number of morpholine rings is 1. The average Bonchev–Trinajstić information content (AvgIpc) is 2.41. The molecule has 2 rings (SSSR count). The fraction of sp³-hybridized carbons (Fsp3) is 0.727. The van der Waals surface area contributed by atoms with Gasteiger partial charge in [0.15, 0.2) is 0 Å². The second kappa shape index (κ2) is 5.14. The van der Waals surface area contributed by atoms with Crippen LogP contribution in [0, 0.1) is 0 Å². The molecule has 1 aliphatic rings. The lowest BCUT2D eigenvalue weighted by atomic mass is 10.2. The number of nitrogens with two attached hydrogens (primary N) is 1. The van der Waals surface area contributed by atoms with Crippen molar-refractivity contribution in [1.29, 1.82) is 0 Å². The molecule has 1 fully saturated rings. The molecule has 19 heavy (non-hydrogen) atoms. The van der Waals surface area contributed by atoms with Crippen molar-refractivity contribution >= 4 is 5.82 Å². The van der Waals surface area contributed by atoms with E-state index in [9.17, 15) is 9.59 Å². The predicted octanol–water partition coefficient (Wildman–Crippen LogP) is -1.97. The normalized spacial score (nSPS) is 23.7. The summed E-state index contributed by atoms with van der Waals surface area (Å²) in [7, 11) is 2.97. The standard InChI is InChI=1S/C11H19N5O3/c1-7-6-19-8(4-12)5-16(7)9-10(17)14(2)11(18)15(3)13-9/h7-8H,4-6,12H2,1-3H3. The van der Waals surface area contributed by atoms with Crippen molar-refractivity contribution in [3.05, 3.63) is 20.8 Å². The Kier molecular flexibility index (Phi) is 3.72. The molecular formula is C11H19N5O3. The average molecular weight is 269 g/mol. The minimum Gasteiger partial charge on any atom is -0.373 e. The molecule has 2 atom stereocenters. The van der Waals surface area contributed by atoms with Crippen LogP contribution in [0.15, 0.2) is 9.59 Å². The van der Waals surface area contributed by atoms with Crippen LogP contribution in [0.25, 0.3) is 0 Å². The van der Waals surface area contributed by atoms with Crippen molar-refractivity contribution in [2.45, 2.75) is 19.1 Å². The molecule has 0 bridgehead atoms. The Bertz CT molecular complexity index is 579. The van der Waals surface area contributed by atoms with E-state index in [1.54, 1.807) is 0 Å². The number of ether oxygens (including phenoxy) is 1. The van der Waals surface area contributed by atoms with Crippen LogP contribution in [0.5, 0.6) is 0 Å². The maximum absolute atomic E-state index is 12.2. The lowest BCUT2D eigenvalue weighted by Gasteiger charge is -2.37. The second-order valence-electron chi connectivity index (χ2n) is 4.79. The molecule has 2 N–H and O–H groups in total. The van der Waals surface area contributed by atoms with Crippen LogP contribution >= 0.6 is 0 Å². The van der Waals surface area contributed by atoms with Gasteiger partial charge in [-0.25, -0.2) is 9.48 Å². The Hall–Kier alpha value is -1.67. The lowest BCUT2D eigenvalue weighted by molar-refractivity contribution is 0.0277. The molecule has 2 heterocycles. The maximum Gasteiger partial charge on any atom is 0.346 e. The largest absolute Gasteiger partial charge is 0.373 e. The van der Waals surface area contributed by atoms with Gasteiger partial charge in [0.25, 0.3) is 5.56 Å². The van der Waals surface area contributed by atoms with E-state index in [0.29, 0.717) is 19.7 Å². The molecule has 0 radical (unpaired) electrons. The van der Waals surface area contributed by atoms with E-state index in [2.05, 4.69) is 5.10 Å². The van der Waals surface area contributed by atoms with Gasteiger partial charge in [0.1, 0.15) is 0 Å². The number of aryl methyl sites for hydroxylation is 1. The summed E-state index contributed by atoms with van der Waals surface area (Å²) < 4.78 is 7.76. The van der Waals surface area contributed by atoms with Gasteiger partial charge in [0.05, 0.1) is 18.8 Å². The highest BCUT2D eigenvalue weighted by atomic mass is 16.5. The van der Waals surface area contributed by atoms with Gasteiger partial charge in [-0.2, -0.15) is 0 Å². The molecule has 2 unspecified atom stereocenters. The first kappa shape index (κ1) is 13.8. The van der Waals surface area contributed by atoms with Gasteiger partial charge in [0.2, 0.25) is 5.82 Å². The molecule has 1 aromatic heterocycles. The van der Waals surface area contributed by atoms with E-state index < -0.39 is 11.2 Å². The first-order chi connectivity index (χ1) is 8.95. The second-order valence-corrected chi connectivity index (χ2v) is 4.79. The zero-order valence-corrected chi connectivity index (χ0v) is 11.4. The van der Waals surface area contributed by atoms with Gasteiger partial charge in [0, 0.05) is 27.2 Å². The van der Waals surface area contributed by atoms with Crippen LogP contribution in [0.3, 0.4) is 0 Å². The highest BCUT2D eigenvalue weighted by Gasteiger charge is 2.29. The molecule has 1 saturated heterocycles. The van der Waals surface area contributed by atoms with Crippen molar-refractivity contribution in [1.82, 2.24) is 14.3 Å². The third-order valence-electron chi connectivity index (χ3n) is 3.34. The minimum absolute atomic E-state index is 0.0144. The van der Waals surface area contributed by atoms with E-state index in [4.69, 9.17) is 10.5 Å². The number of hydrogen-bond acceptors (Lipinski definition) is 6. The van der Waals surface area contributed by atoms with Gasteiger partial charge >= 0.3 is 5.69 Å². The van der Waals surface area contributed by atoms with E-state index in [-0.39, 0.29) is 18.0 Å². The number of hydrogen-bond donors (Lipinski definition) is 1. The van der Waals surface area contributed by atoms with E-state index in [0.717, 1.165) is 9.25 Å². The Morgan fingerprint density at radius 2 is 2.11 bits per heavy atom. The number of nitrogens with zero attached hydrogens (tertiary/aromatic N) is 4. The Morgan fingerprint density at radius 1 is 1.42 bits per heavy atom. The zero-order valence-electron chi connectivity index (χ0n) is 11.4. The quantitative estimate of drug-likeness (QED) is 0.669. The summed E-state index contributed by atoms with van der Waals surface area (Å²) in [5.74, 6) is 0.263. The Morgan fingerprint density at radius 3 is 2.74 bits per heavy atom. The number of anilines is 1. The number of aromatic nitrogens is 3.